The highest BCUT2D eigenvalue weighted by molar-refractivity contribution is 8.00. The van der Waals surface area contributed by atoms with Crippen LogP contribution in [-0.2, 0) is 25.8 Å². The van der Waals surface area contributed by atoms with Gasteiger partial charge in [-0.1, -0.05) is 11.2 Å². The molecule has 2 atom stereocenters. The van der Waals surface area contributed by atoms with Gasteiger partial charge in [0.05, 0.1) is 0 Å². The fourth-order valence-corrected chi connectivity index (χ4v) is 5.39. The zero-order valence-corrected chi connectivity index (χ0v) is 19.1. The average Bonchev–Trinajstić information content (AvgIpc) is 3.23. The molecular weight excluding hydrogens is 468 g/mol. The third kappa shape index (κ3) is 4.54. The molecule has 33 heavy (non-hydrogen) atoms. The minimum atomic E-state index is -1.18. The summed E-state index contributed by atoms with van der Waals surface area (Å²) in [4.78, 5) is 48.1. The molecule has 2 aliphatic heterocycles. The molecule has 172 valence electrons. The van der Waals surface area contributed by atoms with E-state index in [1.807, 2.05) is 35.2 Å². The van der Waals surface area contributed by atoms with Gasteiger partial charge < -0.3 is 21.0 Å². The van der Waals surface area contributed by atoms with Gasteiger partial charge in [-0.2, -0.15) is 0 Å². The Morgan fingerprint density at radius 3 is 2.79 bits per heavy atom. The molecule has 1 fully saturated rings. The number of aliphatic carboxylic acids is 1. The summed E-state index contributed by atoms with van der Waals surface area (Å²) in [5.41, 5.74) is 6.37. The summed E-state index contributed by atoms with van der Waals surface area (Å²) in [5, 5.41) is 17.6. The number of thioether (sulfide) groups is 1. The van der Waals surface area contributed by atoms with Crippen molar-refractivity contribution in [3.8, 4) is 0 Å². The minimum absolute atomic E-state index is 0.0407. The predicted molar refractivity (Wildman–Crippen MR) is 121 cm³/mol. The maximum absolute atomic E-state index is 12.9. The van der Waals surface area contributed by atoms with Crippen LogP contribution in [0.2, 0.25) is 0 Å². The Morgan fingerprint density at radius 1 is 1.39 bits per heavy atom. The summed E-state index contributed by atoms with van der Waals surface area (Å²) in [7, 11) is 0. The van der Waals surface area contributed by atoms with Crippen LogP contribution in [-0.4, -0.2) is 62.3 Å². The number of amides is 2. The smallest absolute Gasteiger partial charge is 0.352 e. The van der Waals surface area contributed by atoms with Crippen molar-refractivity contribution >= 4 is 51.7 Å². The largest absolute Gasteiger partial charge is 0.477 e. The number of fused-ring (bicyclic) bond motifs is 1. The number of nitrogens with two attached hydrogens (primary N) is 1. The number of hydrogen-bond acceptors (Lipinski definition) is 9. The summed E-state index contributed by atoms with van der Waals surface area (Å²) in [5.74, 6) is -1.92. The van der Waals surface area contributed by atoms with E-state index in [9.17, 15) is 19.5 Å². The first-order valence-electron chi connectivity index (χ1n) is 9.97. The number of oxime groups is 1. The zero-order chi connectivity index (χ0) is 23.5. The highest BCUT2D eigenvalue weighted by Gasteiger charge is 2.54. The monoisotopic (exact) mass is 489 g/mol. The Morgan fingerprint density at radius 2 is 2.15 bits per heavy atom. The summed E-state index contributed by atoms with van der Waals surface area (Å²) in [6.07, 6.45) is 3.66. The van der Waals surface area contributed by atoms with E-state index < -0.39 is 29.2 Å². The molecule has 1 unspecified atom stereocenters. The quantitative estimate of drug-likeness (QED) is 0.206. The lowest BCUT2D eigenvalue weighted by molar-refractivity contribution is -0.689. The van der Waals surface area contributed by atoms with Crippen molar-refractivity contribution in [2.75, 3.05) is 18.1 Å². The number of nitrogens with zero attached hydrogens (tertiary/aromatic N) is 4. The molecule has 0 radical (unpaired) electrons. The average molecular weight is 490 g/mol. The maximum Gasteiger partial charge on any atom is 0.352 e. The molecule has 4 heterocycles. The van der Waals surface area contributed by atoms with Gasteiger partial charge in [-0.3, -0.25) is 14.5 Å². The first-order chi connectivity index (χ1) is 15.9. The lowest BCUT2D eigenvalue weighted by Gasteiger charge is -2.49. The number of anilines is 1. The van der Waals surface area contributed by atoms with E-state index >= 15 is 0 Å². The lowest BCUT2D eigenvalue weighted by Crippen LogP contribution is -2.71. The van der Waals surface area contributed by atoms with Crippen LogP contribution in [0.3, 0.4) is 0 Å². The molecule has 0 aliphatic carbocycles. The molecule has 0 saturated carbocycles. The number of pyridine rings is 1. The van der Waals surface area contributed by atoms with Gasteiger partial charge in [0.2, 0.25) is 0 Å². The van der Waals surface area contributed by atoms with Crippen LogP contribution in [0.5, 0.6) is 0 Å². The van der Waals surface area contributed by atoms with Crippen molar-refractivity contribution in [3.63, 3.8) is 0 Å². The van der Waals surface area contributed by atoms with Crippen LogP contribution >= 0.6 is 23.1 Å². The number of hydrogen-bond donors (Lipinski definition) is 3. The van der Waals surface area contributed by atoms with E-state index in [0.717, 1.165) is 11.3 Å². The molecule has 13 heteroatoms. The van der Waals surface area contributed by atoms with Crippen LogP contribution in [0.15, 0.2) is 52.4 Å². The Labute approximate surface area is 196 Å². The number of nitrogens with one attached hydrogen (secondary N) is 1. The van der Waals surface area contributed by atoms with Crippen molar-refractivity contribution < 1.29 is 28.9 Å². The second-order valence-electron chi connectivity index (χ2n) is 7.09. The topological polar surface area (TPSA) is 151 Å². The first kappa shape index (κ1) is 22.7. The van der Waals surface area contributed by atoms with E-state index in [1.54, 1.807) is 12.3 Å². The summed E-state index contributed by atoms with van der Waals surface area (Å²) in [6, 6.07) is 4.66. The van der Waals surface area contributed by atoms with Gasteiger partial charge in [0.1, 0.15) is 29.4 Å². The number of carboxylic acid groups (broad SMARTS) is 1. The molecule has 0 aromatic carbocycles. The molecule has 2 aromatic heterocycles. The summed E-state index contributed by atoms with van der Waals surface area (Å²) >= 11 is 2.54. The zero-order valence-electron chi connectivity index (χ0n) is 17.5. The highest BCUT2D eigenvalue weighted by atomic mass is 32.2. The van der Waals surface area contributed by atoms with Crippen molar-refractivity contribution in [2.24, 2.45) is 5.16 Å². The first-order valence-corrected chi connectivity index (χ1v) is 11.9. The second kappa shape index (κ2) is 9.58. The van der Waals surface area contributed by atoms with Crippen LogP contribution in [0.1, 0.15) is 12.6 Å². The number of carbonyl (C=O) groups excluding carboxylic acids is 2. The second-order valence-corrected chi connectivity index (χ2v) is 9.09. The SMILES string of the molecule is CCON=C(C(=O)NC1C(=O)N2C(C(=O)O)=C(C[n+]3ccccc3)CS[C@H]12)c1csc(N)n1. The van der Waals surface area contributed by atoms with E-state index in [1.165, 1.54) is 16.7 Å². The Bertz CT molecular complexity index is 1150. The van der Waals surface area contributed by atoms with Gasteiger partial charge in [-0.25, -0.2) is 14.3 Å². The van der Waals surface area contributed by atoms with Crippen LogP contribution in [0, 0.1) is 0 Å². The molecule has 11 nitrogen and oxygen atoms in total. The third-order valence-corrected chi connectivity index (χ3v) is 6.97. The number of carboxylic acids is 1. The number of aromatic nitrogens is 2. The molecule has 0 bridgehead atoms. The minimum Gasteiger partial charge on any atom is -0.477 e. The molecule has 2 amide bonds. The molecule has 2 aliphatic rings. The van der Waals surface area contributed by atoms with E-state index in [0.29, 0.717) is 17.9 Å². The number of thiazole rings is 1. The Balaban J connectivity index is 1.53. The van der Waals surface area contributed by atoms with Gasteiger partial charge >= 0.3 is 5.97 Å². The van der Waals surface area contributed by atoms with Gasteiger partial charge in [0.25, 0.3) is 11.8 Å². The fourth-order valence-electron chi connectivity index (χ4n) is 3.50. The van der Waals surface area contributed by atoms with E-state index in [2.05, 4.69) is 15.5 Å². The Kier molecular flexibility index (Phi) is 6.60. The Hall–Kier alpha value is -3.45. The molecule has 2 aromatic rings. The standard InChI is InChI=1S/C20H20N6O5S2/c1-2-31-24-13(12-10-33-20(21)22-12)16(27)23-14-17(28)26-15(19(29)30)11(9-32-18(14)26)8-25-6-4-3-5-7-25/h3-7,10,14,18H,2,8-9H2,1H3,(H3-,21,22,23,27,29,30)/p+1/t14?,18-/m1/s1. The van der Waals surface area contributed by atoms with Gasteiger partial charge in [0.15, 0.2) is 29.8 Å². The molecule has 4 rings (SSSR count). The fraction of sp³-hybridized carbons (Fsp3) is 0.300. The summed E-state index contributed by atoms with van der Waals surface area (Å²) in [6.45, 7) is 2.30. The third-order valence-electron chi connectivity index (χ3n) is 4.95. The normalized spacial score (nSPS) is 20.2. The molecular formula is C20H21N6O5S2+. The predicted octanol–water partition coefficient (Wildman–Crippen LogP) is 0.192. The summed E-state index contributed by atoms with van der Waals surface area (Å²) < 4.78 is 1.85. The maximum atomic E-state index is 12.9. The van der Waals surface area contributed by atoms with Gasteiger partial charge in [-0.05, 0) is 6.92 Å². The number of β-lactam (4-membered cyclic amide) rings is 1. The van der Waals surface area contributed by atoms with Crippen LogP contribution in [0.4, 0.5) is 5.13 Å². The lowest BCUT2D eigenvalue weighted by atomic mass is 10.0. The van der Waals surface area contributed by atoms with Gasteiger partial charge in [-0.15, -0.1) is 23.1 Å². The highest BCUT2D eigenvalue weighted by Crippen LogP contribution is 2.40. The van der Waals surface area contributed by atoms with E-state index in [-0.39, 0.29) is 28.8 Å². The number of rotatable bonds is 8. The molecule has 1 saturated heterocycles. The number of carbonyl (C=O) groups is 3. The molecule has 0 spiro atoms. The molecule has 4 N–H and O–H groups in total. The van der Waals surface area contributed by atoms with Crippen molar-refractivity contribution in [2.45, 2.75) is 24.9 Å². The number of nitrogen functional groups attached to an aromatic ring is 1. The van der Waals surface area contributed by atoms with Crippen molar-refractivity contribution in [1.29, 1.82) is 0 Å². The van der Waals surface area contributed by atoms with Crippen molar-refractivity contribution in [1.82, 2.24) is 15.2 Å². The van der Waals surface area contributed by atoms with Crippen LogP contribution < -0.4 is 15.6 Å². The van der Waals surface area contributed by atoms with Gasteiger partial charge in [0, 0.05) is 28.8 Å². The van der Waals surface area contributed by atoms with E-state index in [4.69, 9.17) is 10.6 Å². The van der Waals surface area contributed by atoms with Crippen molar-refractivity contribution in [3.05, 3.63) is 52.9 Å². The van der Waals surface area contributed by atoms with Crippen LogP contribution in [0.25, 0.3) is 0 Å².